The monoisotopic (exact) mass is 494 g/mol. The van der Waals surface area contributed by atoms with Gasteiger partial charge in [-0.25, -0.2) is 14.3 Å². The maximum Gasteiger partial charge on any atom is 0.337 e. The summed E-state index contributed by atoms with van der Waals surface area (Å²) in [5.74, 6) is 0.358. The van der Waals surface area contributed by atoms with Crippen LogP contribution in [-0.4, -0.2) is 39.4 Å². The Morgan fingerprint density at radius 1 is 1.12 bits per heavy atom. The number of carbonyl (C=O) groups excluding carboxylic acids is 1. The topological polar surface area (TPSA) is 86.4 Å². The number of carbonyl (C=O) groups is 1. The molecule has 1 amide bonds. The molecular weight excluding hydrogens is 472 g/mol. The summed E-state index contributed by atoms with van der Waals surface area (Å²) in [6, 6.07) is 12.8. The Morgan fingerprint density at radius 3 is 2.59 bits per heavy atom. The van der Waals surface area contributed by atoms with Gasteiger partial charge in [0.1, 0.15) is 23.6 Å². The van der Waals surface area contributed by atoms with E-state index >= 15 is 0 Å². The number of nitrogens with zero attached hydrogens (tertiary/aromatic N) is 4. The summed E-state index contributed by atoms with van der Waals surface area (Å²) >= 11 is 2.62. The predicted octanol–water partition coefficient (Wildman–Crippen LogP) is 3.37. The van der Waals surface area contributed by atoms with Gasteiger partial charge in [0.05, 0.1) is 17.9 Å². The smallest absolute Gasteiger partial charge is 0.337 e. The van der Waals surface area contributed by atoms with E-state index in [1.165, 1.54) is 27.7 Å². The van der Waals surface area contributed by atoms with Gasteiger partial charge in [0.15, 0.2) is 9.99 Å². The molecule has 0 N–H and O–H groups in total. The third-order valence-electron chi connectivity index (χ3n) is 5.70. The van der Waals surface area contributed by atoms with Crippen molar-refractivity contribution in [3.63, 3.8) is 0 Å². The van der Waals surface area contributed by atoms with Crippen molar-refractivity contribution in [3.8, 4) is 11.4 Å². The first-order valence-electron chi connectivity index (χ1n) is 10.7. The van der Waals surface area contributed by atoms with Crippen LogP contribution < -0.4 is 20.9 Å². The van der Waals surface area contributed by atoms with Crippen molar-refractivity contribution in [3.05, 3.63) is 74.4 Å². The second kappa shape index (κ2) is 8.77. The van der Waals surface area contributed by atoms with E-state index in [-0.39, 0.29) is 18.1 Å². The Balaban J connectivity index is 1.65. The Hall–Kier alpha value is -3.37. The van der Waals surface area contributed by atoms with Crippen molar-refractivity contribution in [2.24, 2.45) is 0 Å². The van der Waals surface area contributed by atoms with Crippen LogP contribution in [0.15, 0.2) is 56.4 Å². The van der Waals surface area contributed by atoms with Crippen molar-refractivity contribution in [1.82, 2.24) is 14.1 Å². The SMILES string of the molecule is CSc1nc2c(s1)c(=O)n(-c1ccc(C)cc1)c(=O)n2CC(=O)N1CCOc2ccc(C)cc21. The van der Waals surface area contributed by atoms with E-state index in [9.17, 15) is 14.4 Å². The maximum absolute atomic E-state index is 13.6. The molecule has 1 aliphatic heterocycles. The van der Waals surface area contributed by atoms with E-state index in [1.807, 2.05) is 50.4 Å². The van der Waals surface area contributed by atoms with Crippen molar-refractivity contribution >= 4 is 45.0 Å². The molecule has 0 spiro atoms. The van der Waals surface area contributed by atoms with Gasteiger partial charge in [-0.15, -0.1) is 11.3 Å². The fraction of sp³-hybridized carbons (Fsp3) is 0.250. The van der Waals surface area contributed by atoms with E-state index in [0.29, 0.717) is 39.3 Å². The molecule has 0 unspecified atom stereocenters. The lowest BCUT2D eigenvalue weighted by atomic mass is 10.1. The molecule has 10 heteroatoms. The third-order valence-corrected chi connectivity index (χ3v) is 7.72. The molecule has 1 aliphatic rings. The zero-order valence-electron chi connectivity index (χ0n) is 18.9. The molecule has 0 saturated carbocycles. The molecule has 34 heavy (non-hydrogen) atoms. The largest absolute Gasteiger partial charge is 0.490 e. The first-order chi connectivity index (χ1) is 16.4. The average Bonchev–Trinajstić information content (AvgIpc) is 3.27. The molecule has 0 aliphatic carbocycles. The molecule has 0 bridgehead atoms. The van der Waals surface area contributed by atoms with Crippen molar-refractivity contribution in [2.75, 3.05) is 24.3 Å². The van der Waals surface area contributed by atoms with Crippen LogP contribution >= 0.6 is 23.1 Å². The highest BCUT2D eigenvalue weighted by Gasteiger charge is 2.27. The van der Waals surface area contributed by atoms with Gasteiger partial charge in [0, 0.05) is 0 Å². The number of aromatic nitrogens is 3. The second-order valence-corrected chi connectivity index (χ2v) is 10.1. The number of fused-ring (bicyclic) bond motifs is 2. The molecule has 0 saturated heterocycles. The first kappa shape index (κ1) is 22.4. The van der Waals surface area contributed by atoms with E-state index in [2.05, 4.69) is 4.98 Å². The number of amides is 1. The highest BCUT2D eigenvalue weighted by Crippen LogP contribution is 2.33. The predicted molar refractivity (Wildman–Crippen MR) is 135 cm³/mol. The summed E-state index contributed by atoms with van der Waals surface area (Å²) in [6.45, 7) is 4.37. The number of aryl methyl sites for hydroxylation is 2. The molecular formula is C24H22N4O4S2. The quantitative estimate of drug-likeness (QED) is 0.405. The molecule has 2 aromatic heterocycles. The fourth-order valence-corrected chi connectivity index (χ4v) is 5.47. The molecule has 174 valence electrons. The van der Waals surface area contributed by atoms with Crippen molar-refractivity contribution in [2.45, 2.75) is 24.7 Å². The van der Waals surface area contributed by atoms with Gasteiger partial charge in [-0.2, -0.15) is 0 Å². The van der Waals surface area contributed by atoms with Gasteiger partial charge in [0.2, 0.25) is 5.91 Å². The standard InChI is InChI=1S/C24H22N4O4S2/c1-14-4-7-16(8-5-14)28-22(30)20-21(25-23(33-3)34-20)27(24(28)31)13-19(29)26-10-11-32-18-9-6-15(2)12-17(18)26/h4-9,12H,10-11,13H2,1-3H3. The number of rotatable bonds is 4. The lowest BCUT2D eigenvalue weighted by Crippen LogP contribution is -2.44. The molecule has 2 aromatic carbocycles. The Morgan fingerprint density at radius 2 is 1.85 bits per heavy atom. The minimum atomic E-state index is -0.592. The van der Waals surface area contributed by atoms with Gasteiger partial charge >= 0.3 is 5.69 Å². The van der Waals surface area contributed by atoms with Crippen LogP contribution in [0.2, 0.25) is 0 Å². The minimum Gasteiger partial charge on any atom is -0.490 e. The van der Waals surface area contributed by atoms with E-state index < -0.39 is 11.2 Å². The number of thioether (sulfide) groups is 1. The molecule has 0 radical (unpaired) electrons. The molecule has 3 heterocycles. The minimum absolute atomic E-state index is 0.235. The number of thiazole rings is 1. The zero-order chi connectivity index (χ0) is 24.0. The van der Waals surface area contributed by atoms with Crippen LogP contribution in [0.3, 0.4) is 0 Å². The lowest BCUT2D eigenvalue weighted by molar-refractivity contribution is -0.119. The summed E-state index contributed by atoms with van der Waals surface area (Å²) < 4.78 is 9.12. The van der Waals surface area contributed by atoms with Crippen LogP contribution in [0.1, 0.15) is 11.1 Å². The van der Waals surface area contributed by atoms with Crippen LogP contribution in [-0.2, 0) is 11.3 Å². The van der Waals surface area contributed by atoms with E-state index in [0.717, 1.165) is 15.7 Å². The number of anilines is 1. The molecule has 0 fully saturated rings. The summed E-state index contributed by atoms with van der Waals surface area (Å²) in [5.41, 5.74) is 2.35. The van der Waals surface area contributed by atoms with Gasteiger partial charge in [-0.1, -0.05) is 35.5 Å². The van der Waals surface area contributed by atoms with Crippen LogP contribution in [0.5, 0.6) is 5.75 Å². The number of ether oxygens (including phenoxy) is 1. The van der Waals surface area contributed by atoms with Crippen LogP contribution in [0.25, 0.3) is 16.0 Å². The highest BCUT2D eigenvalue weighted by atomic mass is 32.2. The number of hydrogen-bond acceptors (Lipinski definition) is 7. The van der Waals surface area contributed by atoms with Crippen molar-refractivity contribution in [1.29, 1.82) is 0 Å². The van der Waals surface area contributed by atoms with Gasteiger partial charge in [-0.3, -0.25) is 14.2 Å². The van der Waals surface area contributed by atoms with E-state index in [1.54, 1.807) is 17.0 Å². The second-order valence-electron chi connectivity index (χ2n) is 8.05. The fourth-order valence-electron chi connectivity index (χ4n) is 3.97. The molecule has 5 rings (SSSR count). The molecule has 4 aromatic rings. The van der Waals surface area contributed by atoms with Gasteiger partial charge < -0.3 is 9.64 Å². The Kier molecular flexibility index (Phi) is 5.78. The molecule has 0 atom stereocenters. The summed E-state index contributed by atoms with van der Waals surface area (Å²) in [5, 5.41) is 0. The summed E-state index contributed by atoms with van der Waals surface area (Å²) in [7, 11) is 0. The van der Waals surface area contributed by atoms with Gasteiger partial charge in [0.25, 0.3) is 5.56 Å². The lowest BCUT2D eigenvalue weighted by Gasteiger charge is -2.30. The first-order valence-corrected chi connectivity index (χ1v) is 12.7. The number of hydrogen-bond donors (Lipinski definition) is 0. The average molecular weight is 495 g/mol. The summed E-state index contributed by atoms with van der Waals surface area (Å²) in [4.78, 5) is 46.5. The van der Waals surface area contributed by atoms with E-state index in [4.69, 9.17) is 4.74 Å². The third kappa shape index (κ3) is 3.82. The van der Waals surface area contributed by atoms with Crippen LogP contribution in [0.4, 0.5) is 5.69 Å². The highest BCUT2D eigenvalue weighted by molar-refractivity contribution is 8.00. The molecule has 8 nitrogen and oxygen atoms in total. The zero-order valence-corrected chi connectivity index (χ0v) is 20.5. The van der Waals surface area contributed by atoms with Crippen LogP contribution in [0, 0.1) is 13.8 Å². The van der Waals surface area contributed by atoms with Crippen molar-refractivity contribution < 1.29 is 9.53 Å². The summed E-state index contributed by atoms with van der Waals surface area (Å²) in [6.07, 6.45) is 1.86. The Labute approximate surface area is 203 Å². The Bertz CT molecular complexity index is 1540. The normalized spacial score (nSPS) is 13.1. The van der Waals surface area contributed by atoms with Gasteiger partial charge in [-0.05, 0) is 49.9 Å². The maximum atomic E-state index is 13.6. The number of benzene rings is 2.